The number of hydrogen-bond acceptors (Lipinski definition) is 4. The van der Waals surface area contributed by atoms with Crippen molar-refractivity contribution in [1.82, 2.24) is 0 Å². The minimum Gasteiger partial charge on any atom is -0.478 e. The van der Waals surface area contributed by atoms with Crippen LogP contribution in [-0.2, 0) is 4.89 Å². The van der Waals surface area contributed by atoms with Crippen LogP contribution in [0, 0.1) is 6.92 Å². The molecule has 2 aromatic rings. The Morgan fingerprint density at radius 3 is 2.50 bits per heavy atom. The molecular weight excluding hydrogens is 236 g/mol. The maximum atomic E-state index is 11.6. The van der Waals surface area contributed by atoms with Crippen LogP contribution >= 0.6 is 0 Å². The van der Waals surface area contributed by atoms with Gasteiger partial charge in [-0.15, -0.1) is 0 Å². The molecule has 92 valence electrons. The summed E-state index contributed by atoms with van der Waals surface area (Å²) in [6.45, 7) is 1.64. The molecular formula is C13H10O5. The fourth-order valence-corrected chi connectivity index (χ4v) is 1.97. The van der Waals surface area contributed by atoms with Gasteiger partial charge in [0.15, 0.2) is 0 Å². The molecule has 0 bridgehead atoms. The SMILES string of the molecule is Cc1ccc2cccc(C(=O)O)c2c1C(=O)OO. The number of carbonyl (C=O) groups is 2. The molecule has 0 aliphatic heterocycles. The Kier molecular flexibility index (Phi) is 2.99. The second-order valence-corrected chi connectivity index (χ2v) is 3.85. The van der Waals surface area contributed by atoms with Gasteiger partial charge in [-0.25, -0.2) is 9.59 Å². The standard InChI is InChI=1S/C13H10O5/c1-7-5-6-8-3-2-4-9(12(14)15)11(8)10(7)13(16)18-17/h2-6,17H,1H3,(H,14,15). The lowest BCUT2D eigenvalue weighted by molar-refractivity contribution is -0.182. The van der Waals surface area contributed by atoms with E-state index in [1.165, 1.54) is 6.07 Å². The van der Waals surface area contributed by atoms with Gasteiger partial charge in [0.25, 0.3) is 0 Å². The van der Waals surface area contributed by atoms with Crippen LogP contribution in [0.1, 0.15) is 26.3 Å². The second-order valence-electron chi connectivity index (χ2n) is 3.85. The first kappa shape index (κ1) is 12.1. The summed E-state index contributed by atoms with van der Waals surface area (Å²) >= 11 is 0. The van der Waals surface area contributed by atoms with Crippen molar-refractivity contribution in [1.29, 1.82) is 0 Å². The molecule has 0 atom stereocenters. The molecule has 0 aromatic heterocycles. The van der Waals surface area contributed by atoms with Gasteiger partial charge in [-0.05, 0) is 23.9 Å². The second kappa shape index (κ2) is 4.46. The zero-order valence-corrected chi connectivity index (χ0v) is 9.51. The summed E-state index contributed by atoms with van der Waals surface area (Å²) in [5.41, 5.74) is 0.597. The van der Waals surface area contributed by atoms with E-state index in [1.807, 2.05) is 0 Å². The molecule has 0 radical (unpaired) electrons. The summed E-state index contributed by atoms with van der Waals surface area (Å²) in [5, 5.41) is 18.5. The zero-order chi connectivity index (χ0) is 13.3. The van der Waals surface area contributed by atoms with Gasteiger partial charge < -0.3 is 5.11 Å². The first-order valence-corrected chi connectivity index (χ1v) is 5.17. The van der Waals surface area contributed by atoms with Crippen LogP contribution in [0.5, 0.6) is 0 Å². The summed E-state index contributed by atoms with van der Waals surface area (Å²) in [5.74, 6) is -2.11. The lowest BCUT2D eigenvalue weighted by atomic mass is 9.95. The summed E-state index contributed by atoms with van der Waals surface area (Å²) in [7, 11) is 0. The van der Waals surface area contributed by atoms with Crippen molar-refractivity contribution in [3.05, 3.63) is 47.0 Å². The first-order chi connectivity index (χ1) is 8.56. The summed E-state index contributed by atoms with van der Waals surface area (Å²) < 4.78 is 0. The van der Waals surface area contributed by atoms with Crippen molar-refractivity contribution in [2.75, 3.05) is 0 Å². The average Bonchev–Trinajstić information content (AvgIpc) is 2.37. The number of aryl methyl sites for hydroxylation is 1. The Labute approximate surface area is 102 Å². The lowest BCUT2D eigenvalue weighted by Crippen LogP contribution is -2.08. The van der Waals surface area contributed by atoms with Crippen LogP contribution in [0.3, 0.4) is 0 Å². The van der Waals surface area contributed by atoms with Crippen molar-refractivity contribution in [3.8, 4) is 0 Å². The van der Waals surface area contributed by atoms with Gasteiger partial charge >= 0.3 is 11.9 Å². The number of aromatic carboxylic acids is 1. The lowest BCUT2D eigenvalue weighted by Gasteiger charge is -2.09. The quantitative estimate of drug-likeness (QED) is 0.628. The molecule has 5 nitrogen and oxygen atoms in total. The first-order valence-electron chi connectivity index (χ1n) is 5.17. The molecule has 0 unspecified atom stereocenters. The van der Waals surface area contributed by atoms with Crippen molar-refractivity contribution in [3.63, 3.8) is 0 Å². The minimum absolute atomic E-state index is 0.00315. The topological polar surface area (TPSA) is 83.8 Å². The van der Waals surface area contributed by atoms with Crippen LogP contribution < -0.4 is 0 Å². The predicted molar refractivity (Wildman–Crippen MR) is 63.7 cm³/mol. The highest BCUT2D eigenvalue weighted by Crippen LogP contribution is 2.26. The van der Waals surface area contributed by atoms with E-state index in [2.05, 4.69) is 4.89 Å². The van der Waals surface area contributed by atoms with Crippen molar-refractivity contribution in [2.45, 2.75) is 6.92 Å². The van der Waals surface area contributed by atoms with E-state index in [-0.39, 0.29) is 16.5 Å². The molecule has 0 fully saturated rings. The Balaban J connectivity index is 2.93. The molecule has 0 spiro atoms. The van der Waals surface area contributed by atoms with Gasteiger partial charge in [0.05, 0.1) is 11.1 Å². The van der Waals surface area contributed by atoms with Crippen molar-refractivity contribution < 1.29 is 24.8 Å². The molecule has 5 heteroatoms. The zero-order valence-electron chi connectivity index (χ0n) is 9.51. The fraction of sp³-hybridized carbons (Fsp3) is 0.0769. The summed E-state index contributed by atoms with van der Waals surface area (Å²) in [4.78, 5) is 26.5. The number of carboxylic acid groups (broad SMARTS) is 1. The largest absolute Gasteiger partial charge is 0.478 e. The van der Waals surface area contributed by atoms with Crippen LogP contribution in [0.2, 0.25) is 0 Å². The number of benzene rings is 2. The number of fused-ring (bicyclic) bond motifs is 1. The highest BCUT2D eigenvalue weighted by molar-refractivity contribution is 6.13. The van der Waals surface area contributed by atoms with E-state index < -0.39 is 11.9 Å². The molecule has 0 saturated carbocycles. The summed E-state index contributed by atoms with van der Waals surface area (Å²) in [6.07, 6.45) is 0. The predicted octanol–water partition coefficient (Wildman–Crippen LogP) is 2.48. The maximum absolute atomic E-state index is 11.6. The van der Waals surface area contributed by atoms with Crippen molar-refractivity contribution in [2.24, 2.45) is 0 Å². The third-order valence-corrected chi connectivity index (χ3v) is 2.77. The minimum atomic E-state index is -1.14. The number of hydrogen-bond donors (Lipinski definition) is 2. The fourth-order valence-electron chi connectivity index (χ4n) is 1.97. The molecule has 0 amide bonds. The molecule has 2 rings (SSSR count). The molecule has 0 saturated heterocycles. The molecule has 0 aliphatic carbocycles. The molecule has 2 N–H and O–H groups in total. The third-order valence-electron chi connectivity index (χ3n) is 2.77. The van der Waals surface area contributed by atoms with E-state index in [1.54, 1.807) is 31.2 Å². The third kappa shape index (κ3) is 1.80. The summed E-state index contributed by atoms with van der Waals surface area (Å²) in [6, 6.07) is 8.06. The van der Waals surface area contributed by atoms with Gasteiger partial charge in [0.1, 0.15) is 0 Å². The Bertz CT molecular complexity index is 645. The molecule has 0 heterocycles. The molecule has 0 aliphatic rings. The van der Waals surface area contributed by atoms with Crippen LogP contribution in [0.15, 0.2) is 30.3 Å². The van der Waals surface area contributed by atoms with Gasteiger partial charge in [-0.1, -0.05) is 24.3 Å². The van der Waals surface area contributed by atoms with E-state index >= 15 is 0 Å². The van der Waals surface area contributed by atoms with E-state index in [0.717, 1.165) is 0 Å². The van der Waals surface area contributed by atoms with Gasteiger partial charge in [-0.3, -0.25) is 4.89 Å². The number of carbonyl (C=O) groups excluding carboxylic acids is 1. The van der Waals surface area contributed by atoms with Gasteiger partial charge in [-0.2, -0.15) is 5.26 Å². The van der Waals surface area contributed by atoms with E-state index in [9.17, 15) is 9.59 Å². The smallest absolute Gasteiger partial charge is 0.373 e. The Hall–Kier alpha value is -2.40. The maximum Gasteiger partial charge on any atom is 0.373 e. The highest BCUT2D eigenvalue weighted by Gasteiger charge is 2.19. The van der Waals surface area contributed by atoms with Crippen LogP contribution in [-0.4, -0.2) is 22.3 Å². The average molecular weight is 246 g/mol. The monoisotopic (exact) mass is 246 g/mol. The van der Waals surface area contributed by atoms with E-state index in [4.69, 9.17) is 10.4 Å². The number of rotatable bonds is 2. The molecule has 2 aromatic carbocycles. The highest BCUT2D eigenvalue weighted by atomic mass is 17.1. The van der Waals surface area contributed by atoms with Gasteiger partial charge in [0.2, 0.25) is 0 Å². The van der Waals surface area contributed by atoms with Crippen molar-refractivity contribution >= 4 is 22.7 Å². The normalized spacial score (nSPS) is 10.3. The number of carboxylic acids is 1. The van der Waals surface area contributed by atoms with Crippen LogP contribution in [0.4, 0.5) is 0 Å². The van der Waals surface area contributed by atoms with Gasteiger partial charge in [0, 0.05) is 5.39 Å². The van der Waals surface area contributed by atoms with Crippen LogP contribution in [0.25, 0.3) is 10.8 Å². The Morgan fingerprint density at radius 2 is 1.89 bits per heavy atom. The molecule has 18 heavy (non-hydrogen) atoms. The van der Waals surface area contributed by atoms with E-state index in [0.29, 0.717) is 10.9 Å². The Morgan fingerprint density at radius 1 is 1.17 bits per heavy atom.